The highest BCUT2D eigenvalue weighted by Crippen LogP contribution is 2.34. The standard InChI is InChI=1S/C15H10Cl2FN3OS2/c16-10-5-6-11-14(13(10)17)19-15(24-11)21-20-12(22)7-23-9-3-1-8(18)2-4-9/h1-6H,7H2,(H,19,21)(H,20,22). The van der Waals surface area contributed by atoms with Crippen LogP contribution in [0, 0.1) is 5.82 Å². The normalized spacial score (nSPS) is 10.8. The number of fused-ring (bicyclic) bond motifs is 1. The lowest BCUT2D eigenvalue weighted by Crippen LogP contribution is -2.30. The zero-order valence-electron chi connectivity index (χ0n) is 12.0. The Balaban J connectivity index is 1.56. The first kappa shape index (κ1) is 17.3. The third kappa shape index (κ3) is 4.10. The Bertz CT molecular complexity index is 886. The summed E-state index contributed by atoms with van der Waals surface area (Å²) in [4.78, 5) is 17.0. The quantitative estimate of drug-likeness (QED) is 0.467. The highest BCUT2D eigenvalue weighted by atomic mass is 35.5. The lowest BCUT2D eigenvalue weighted by Gasteiger charge is -2.05. The predicted octanol–water partition coefficient (Wildman–Crippen LogP) is 4.98. The van der Waals surface area contributed by atoms with Crippen molar-refractivity contribution in [3.8, 4) is 0 Å². The Morgan fingerprint density at radius 1 is 1.21 bits per heavy atom. The van der Waals surface area contributed by atoms with Gasteiger partial charge in [-0.2, -0.15) is 0 Å². The second-order valence-electron chi connectivity index (χ2n) is 4.64. The van der Waals surface area contributed by atoms with Gasteiger partial charge in [0, 0.05) is 4.90 Å². The van der Waals surface area contributed by atoms with Crippen molar-refractivity contribution >= 4 is 67.6 Å². The number of carbonyl (C=O) groups excluding carboxylic acids is 1. The Morgan fingerprint density at radius 3 is 2.71 bits per heavy atom. The molecule has 124 valence electrons. The summed E-state index contributed by atoms with van der Waals surface area (Å²) in [6.45, 7) is 0. The highest BCUT2D eigenvalue weighted by molar-refractivity contribution is 8.00. The lowest BCUT2D eigenvalue weighted by atomic mass is 10.3. The average molecular weight is 402 g/mol. The summed E-state index contributed by atoms with van der Waals surface area (Å²) in [7, 11) is 0. The molecular weight excluding hydrogens is 392 g/mol. The summed E-state index contributed by atoms with van der Waals surface area (Å²) in [6.07, 6.45) is 0. The van der Waals surface area contributed by atoms with Crippen molar-refractivity contribution < 1.29 is 9.18 Å². The number of rotatable bonds is 5. The zero-order chi connectivity index (χ0) is 17.1. The van der Waals surface area contributed by atoms with Crippen LogP contribution in [-0.4, -0.2) is 16.6 Å². The Hall–Kier alpha value is -1.54. The number of hydrogen-bond donors (Lipinski definition) is 2. The molecule has 1 aromatic heterocycles. The molecule has 0 aliphatic rings. The van der Waals surface area contributed by atoms with Crippen LogP contribution in [0.1, 0.15) is 0 Å². The summed E-state index contributed by atoms with van der Waals surface area (Å²) in [5, 5.41) is 1.33. The smallest absolute Gasteiger partial charge is 0.248 e. The third-order valence-corrected chi connectivity index (χ3v) is 5.69. The summed E-state index contributed by atoms with van der Waals surface area (Å²) < 4.78 is 13.7. The third-order valence-electron chi connectivity index (χ3n) is 2.94. The van der Waals surface area contributed by atoms with Gasteiger partial charge in [-0.15, -0.1) is 11.8 Å². The maximum atomic E-state index is 12.8. The molecule has 2 aromatic carbocycles. The van der Waals surface area contributed by atoms with Gasteiger partial charge < -0.3 is 0 Å². The molecule has 0 atom stereocenters. The molecule has 9 heteroatoms. The van der Waals surface area contributed by atoms with Gasteiger partial charge in [-0.25, -0.2) is 9.37 Å². The van der Waals surface area contributed by atoms with Crippen LogP contribution in [0.2, 0.25) is 10.0 Å². The number of benzene rings is 2. The van der Waals surface area contributed by atoms with Crippen LogP contribution >= 0.6 is 46.3 Å². The molecule has 0 aliphatic carbocycles. The van der Waals surface area contributed by atoms with E-state index in [-0.39, 0.29) is 17.5 Å². The molecule has 3 rings (SSSR count). The molecule has 0 unspecified atom stereocenters. The molecule has 2 N–H and O–H groups in total. The minimum atomic E-state index is -0.305. The van der Waals surface area contributed by atoms with Crippen molar-refractivity contribution in [2.75, 3.05) is 11.2 Å². The van der Waals surface area contributed by atoms with Gasteiger partial charge in [0.05, 0.1) is 20.5 Å². The predicted molar refractivity (Wildman–Crippen MR) is 98.5 cm³/mol. The minimum absolute atomic E-state index is 0.191. The van der Waals surface area contributed by atoms with Crippen molar-refractivity contribution in [3.63, 3.8) is 0 Å². The van der Waals surface area contributed by atoms with Gasteiger partial charge in [-0.3, -0.25) is 15.6 Å². The van der Waals surface area contributed by atoms with Crippen LogP contribution in [-0.2, 0) is 4.79 Å². The molecule has 3 aromatic rings. The fourth-order valence-corrected chi connectivity index (χ4v) is 3.77. The number of thiazole rings is 1. The van der Waals surface area contributed by atoms with Crippen LogP contribution < -0.4 is 10.9 Å². The van der Waals surface area contributed by atoms with E-state index in [9.17, 15) is 9.18 Å². The molecule has 1 amide bonds. The fraction of sp³-hybridized carbons (Fsp3) is 0.0667. The second-order valence-corrected chi connectivity index (χ2v) is 7.51. The largest absolute Gasteiger partial charge is 0.273 e. The van der Waals surface area contributed by atoms with Crippen LogP contribution in [0.4, 0.5) is 9.52 Å². The highest BCUT2D eigenvalue weighted by Gasteiger charge is 2.11. The van der Waals surface area contributed by atoms with Crippen LogP contribution in [0.3, 0.4) is 0 Å². The minimum Gasteiger partial charge on any atom is -0.273 e. The van der Waals surface area contributed by atoms with Crippen molar-refractivity contribution in [2.24, 2.45) is 0 Å². The number of nitrogens with one attached hydrogen (secondary N) is 2. The number of thioether (sulfide) groups is 1. The molecule has 0 radical (unpaired) electrons. The molecule has 0 fully saturated rings. The maximum Gasteiger partial charge on any atom is 0.248 e. The van der Waals surface area contributed by atoms with Crippen molar-refractivity contribution in [1.29, 1.82) is 0 Å². The van der Waals surface area contributed by atoms with Gasteiger partial charge in [0.1, 0.15) is 11.3 Å². The number of carbonyl (C=O) groups is 1. The van der Waals surface area contributed by atoms with E-state index >= 15 is 0 Å². The molecule has 1 heterocycles. The van der Waals surface area contributed by atoms with E-state index in [4.69, 9.17) is 23.2 Å². The SMILES string of the molecule is O=C(CSc1ccc(F)cc1)NNc1nc2c(Cl)c(Cl)ccc2s1. The summed E-state index contributed by atoms with van der Waals surface area (Å²) in [5.41, 5.74) is 5.91. The molecular formula is C15H10Cl2FN3OS2. The number of amides is 1. The zero-order valence-corrected chi connectivity index (χ0v) is 15.1. The molecule has 0 bridgehead atoms. The van der Waals surface area contributed by atoms with Gasteiger partial charge in [0.15, 0.2) is 0 Å². The van der Waals surface area contributed by atoms with Gasteiger partial charge in [0.25, 0.3) is 0 Å². The van der Waals surface area contributed by atoms with Gasteiger partial charge in [-0.05, 0) is 36.4 Å². The van der Waals surface area contributed by atoms with Crippen molar-refractivity contribution in [3.05, 3.63) is 52.3 Å². The first-order valence-corrected chi connectivity index (χ1v) is 9.26. The Labute approximate surface area is 155 Å². The summed E-state index contributed by atoms with van der Waals surface area (Å²) in [5.74, 6) is -0.344. The van der Waals surface area contributed by atoms with E-state index in [0.717, 1.165) is 9.60 Å². The molecule has 0 aliphatic heterocycles. The molecule has 4 nitrogen and oxygen atoms in total. The van der Waals surface area contributed by atoms with Gasteiger partial charge >= 0.3 is 0 Å². The lowest BCUT2D eigenvalue weighted by molar-refractivity contribution is -0.118. The molecule has 0 saturated heterocycles. The summed E-state index contributed by atoms with van der Waals surface area (Å²) in [6, 6.07) is 9.48. The maximum absolute atomic E-state index is 12.8. The summed E-state index contributed by atoms with van der Waals surface area (Å²) >= 11 is 14.7. The monoisotopic (exact) mass is 401 g/mol. The van der Waals surface area contributed by atoms with E-state index in [1.165, 1.54) is 35.2 Å². The van der Waals surface area contributed by atoms with Crippen molar-refractivity contribution in [2.45, 2.75) is 4.90 Å². The first-order valence-electron chi connectivity index (χ1n) is 6.70. The number of nitrogens with zero attached hydrogens (tertiary/aromatic N) is 1. The number of halogens is 3. The molecule has 0 saturated carbocycles. The van der Waals surface area contributed by atoms with E-state index in [1.807, 2.05) is 6.07 Å². The van der Waals surface area contributed by atoms with Crippen molar-refractivity contribution in [1.82, 2.24) is 10.4 Å². The Kier molecular flexibility index (Phi) is 5.45. The molecule has 0 spiro atoms. The first-order chi connectivity index (χ1) is 11.5. The van der Waals surface area contributed by atoms with Gasteiger partial charge in [-0.1, -0.05) is 34.5 Å². The van der Waals surface area contributed by atoms with Gasteiger partial charge in [0.2, 0.25) is 11.0 Å². The van der Waals surface area contributed by atoms with Crippen LogP contribution in [0.25, 0.3) is 10.2 Å². The topological polar surface area (TPSA) is 54.0 Å². The van der Waals surface area contributed by atoms with E-state index in [2.05, 4.69) is 15.8 Å². The number of hydrazine groups is 1. The fourth-order valence-electron chi connectivity index (χ4n) is 1.83. The second kappa shape index (κ2) is 7.57. The Morgan fingerprint density at radius 2 is 1.96 bits per heavy atom. The number of anilines is 1. The average Bonchev–Trinajstić information content (AvgIpc) is 3.00. The number of hydrogen-bond acceptors (Lipinski definition) is 5. The molecule has 24 heavy (non-hydrogen) atoms. The van der Waals surface area contributed by atoms with E-state index < -0.39 is 0 Å². The van der Waals surface area contributed by atoms with E-state index in [1.54, 1.807) is 18.2 Å². The van der Waals surface area contributed by atoms with Crippen LogP contribution in [0.15, 0.2) is 41.3 Å². The van der Waals surface area contributed by atoms with Crippen LogP contribution in [0.5, 0.6) is 0 Å². The number of aromatic nitrogens is 1. The van der Waals surface area contributed by atoms with E-state index in [0.29, 0.717) is 20.7 Å².